The van der Waals surface area contributed by atoms with Gasteiger partial charge in [-0.15, -0.1) is 0 Å². The molecule has 4 N–H and O–H groups in total. The van der Waals surface area contributed by atoms with Crippen molar-refractivity contribution in [2.24, 2.45) is 0 Å². The number of halogens is 1. The number of hydrogen-bond donors (Lipinski definition) is 3. The highest BCUT2D eigenvalue weighted by molar-refractivity contribution is 7.89. The Kier molecular flexibility index (Phi) is 4.59. The van der Waals surface area contributed by atoms with Gasteiger partial charge in [0.1, 0.15) is 0 Å². The van der Waals surface area contributed by atoms with Crippen LogP contribution in [0.3, 0.4) is 0 Å². The van der Waals surface area contributed by atoms with Crippen LogP contribution in [0.25, 0.3) is 0 Å². The lowest BCUT2D eigenvalue weighted by Gasteiger charge is -2.26. The van der Waals surface area contributed by atoms with Crippen LogP contribution in [0.2, 0.25) is 5.02 Å². The molecule has 7 heteroatoms. The molecule has 0 saturated heterocycles. The second kappa shape index (κ2) is 5.89. The summed E-state index contributed by atoms with van der Waals surface area (Å²) in [7, 11) is -3.61. The van der Waals surface area contributed by atoms with E-state index in [1.165, 1.54) is 12.1 Å². The lowest BCUT2D eigenvalue weighted by atomic mass is 9.94. The summed E-state index contributed by atoms with van der Waals surface area (Å²) in [6.45, 7) is 1.72. The van der Waals surface area contributed by atoms with E-state index in [-0.39, 0.29) is 22.7 Å². The maximum atomic E-state index is 12.3. The minimum absolute atomic E-state index is 0.128. The SMILES string of the molecule is Cc1cc(S(=O)(=O)NC2CCC(O)CC2)cc(N)c1Cl. The third-order valence-electron chi connectivity index (χ3n) is 3.59. The van der Waals surface area contributed by atoms with Gasteiger partial charge in [0.15, 0.2) is 0 Å². The normalized spacial score (nSPS) is 23.8. The van der Waals surface area contributed by atoms with Crippen molar-refractivity contribution < 1.29 is 13.5 Å². The van der Waals surface area contributed by atoms with Gasteiger partial charge in [-0.05, 0) is 50.3 Å². The molecule has 0 heterocycles. The number of aliphatic hydroxyl groups is 1. The van der Waals surface area contributed by atoms with Gasteiger partial charge >= 0.3 is 0 Å². The third-order valence-corrected chi connectivity index (χ3v) is 5.60. The maximum absolute atomic E-state index is 12.3. The first-order chi connectivity index (χ1) is 9.29. The number of benzene rings is 1. The lowest BCUT2D eigenvalue weighted by molar-refractivity contribution is 0.120. The molecule has 0 amide bonds. The molecule has 1 aliphatic carbocycles. The molecule has 0 bridgehead atoms. The summed E-state index contributed by atoms with van der Waals surface area (Å²) >= 11 is 5.94. The molecule has 0 aliphatic heterocycles. The Morgan fingerprint density at radius 3 is 2.45 bits per heavy atom. The first-order valence-electron chi connectivity index (χ1n) is 6.55. The molecule has 112 valence electrons. The molecule has 5 nitrogen and oxygen atoms in total. The fourth-order valence-corrected chi connectivity index (χ4v) is 3.93. The summed E-state index contributed by atoms with van der Waals surface area (Å²) in [6.07, 6.45) is 2.21. The average molecular weight is 319 g/mol. The third kappa shape index (κ3) is 3.44. The average Bonchev–Trinajstić information content (AvgIpc) is 2.38. The van der Waals surface area contributed by atoms with Crippen molar-refractivity contribution in [2.75, 3.05) is 5.73 Å². The molecule has 0 atom stereocenters. The van der Waals surface area contributed by atoms with E-state index >= 15 is 0 Å². The van der Waals surface area contributed by atoms with Gasteiger partial charge in [-0.3, -0.25) is 0 Å². The number of rotatable bonds is 3. The predicted molar refractivity (Wildman–Crippen MR) is 79.2 cm³/mol. The molecule has 1 fully saturated rings. The molecule has 1 aromatic carbocycles. The summed E-state index contributed by atoms with van der Waals surface area (Å²) in [5, 5.41) is 9.82. The van der Waals surface area contributed by atoms with Crippen molar-refractivity contribution >= 4 is 27.3 Å². The topological polar surface area (TPSA) is 92.4 Å². The number of anilines is 1. The van der Waals surface area contributed by atoms with Gasteiger partial charge in [0, 0.05) is 6.04 Å². The molecule has 1 saturated carbocycles. The molecule has 1 aromatic rings. The largest absolute Gasteiger partial charge is 0.397 e. The Bertz CT molecular complexity index is 573. The standard InChI is InChI=1S/C13H19ClN2O3S/c1-8-6-11(7-12(15)13(8)14)20(18,19)16-9-2-4-10(17)5-3-9/h6-7,9-10,16-17H,2-5,15H2,1H3. The number of nitrogens with two attached hydrogens (primary N) is 1. The van der Waals surface area contributed by atoms with Crippen molar-refractivity contribution in [3.63, 3.8) is 0 Å². The molecule has 0 unspecified atom stereocenters. The summed E-state index contributed by atoms with van der Waals surface area (Å²) in [5.74, 6) is 0. The molecular weight excluding hydrogens is 300 g/mol. The minimum atomic E-state index is -3.61. The fraction of sp³-hybridized carbons (Fsp3) is 0.538. The second-order valence-corrected chi connectivity index (χ2v) is 7.36. The zero-order valence-corrected chi connectivity index (χ0v) is 12.8. The van der Waals surface area contributed by atoms with Crippen molar-refractivity contribution in [1.29, 1.82) is 0 Å². The quantitative estimate of drug-likeness (QED) is 0.741. The first-order valence-corrected chi connectivity index (χ1v) is 8.41. The number of hydrogen-bond acceptors (Lipinski definition) is 4. The van der Waals surface area contributed by atoms with Crippen molar-refractivity contribution in [3.8, 4) is 0 Å². The van der Waals surface area contributed by atoms with Crippen LogP contribution in [0, 0.1) is 6.92 Å². The van der Waals surface area contributed by atoms with Crippen LogP contribution in [-0.2, 0) is 10.0 Å². The van der Waals surface area contributed by atoms with E-state index in [4.69, 9.17) is 17.3 Å². The first kappa shape index (κ1) is 15.6. The van der Waals surface area contributed by atoms with Crippen molar-refractivity contribution in [3.05, 3.63) is 22.7 Å². The Morgan fingerprint density at radius 1 is 1.30 bits per heavy atom. The summed E-state index contributed by atoms with van der Waals surface area (Å²) in [5.41, 5.74) is 6.60. The van der Waals surface area contributed by atoms with Gasteiger partial charge in [-0.25, -0.2) is 13.1 Å². The summed E-state index contributed by atoms with van der Waals surface area (Å²) in [6, 6.07) is 2.74. The van der Waals surface area contributed by atoms with Gasteiger partial charge in [0.05, 0.1) is 21.7 Å². The van der Waals surface area contributed by atoms with Crippen LogP contribution in [-0.4, -0.2) is 25.7 Å². The predicted octanol–water partition coefficient (Wildman–Crippen LogP) is 1.81. The molecule has 1 aliphatic rings. The summed E-state index contributed by atoms with van der Waals surface area (Å²) in [4.78, 5) is 0.128. The van der Waals surface area contributed by atoms with Gasteiger partial charge < -0.3 is 10.8 Å². The number of aliphatic hydroxyl groups excluding tert-OH is 1. The van der Waals surface area contributed by atoms with Gasteiger partial charge in [-0.2, -0.15) is 0 Å². The van der Waals surface area contributed by atoms with Crippen LogP contribution in [0.5, 0.6) is 0 Å². The minimum Gasteiger partial charge on any atom is -0.397 e. The van der Waals surface area contributed by atoms with E-state index < -0.39 is 10.0 Å². The lowest BCUT2D eigenvalue weighted by Crippen LogP contribution is -2.38. The van der Waals surface area contributed by atoms with E-state index in [0.717, 1.165) is 0 Å². The zero-order valence-electron chi connectivity index (χ0n) is 11.3. The molecule has 0 spiro atoms. The monoisotopic (exact) mass is 318 g/mol. The van der Waals surface area contributed by atoms with Gasteiger partial charge in [0.25, 0.3) is 0 Å². The Labute approximate surface area is 124 Å². The summed E-state index contributed by atoms with van der Waals surface area (Å²) < 4.78 is 27.3. The van der Waals surface area contributed by atoms with E-state index in [9.17, 15) is 13.5 Å². The van der Waals surface area contributed by atoms with Crippen molar-refractivity contribution in [2.45, 2.75) is 49.6 Å². The zero-order chi connectivity index (χ0) is 14.9. The number of nitrogens with one attached hydrogen (secondary N) is 1. The Morgan fingerprint density at radius 2 is 1.90 bits per heavy atom. The van der Waals surface area contributed by atoms with Gasteiger partial charge in [0.2, 0.25) is 10.0 Å². The smallest absolute Gasteiger partial charge is 0.240 e. The molecule has 0 aromatic heterocycles. The van der Waals surface area contributed by atoms with Crippen LogP contribution in [0.15, 0.2) is 17.0 Å². The molecule has 20 heavy (non-hydrogen) atoms. The number of nitrogen functional groups attached to an aromatic ring is 1. The van der Waals surface area contributed by atoms with Gasteiger partial charge in [-0.1, -0.05) is 11.6 Å². The number of aryl methyl sites for hydroxylation is 1. The maximum Gasteiger partial charge on any atom is 0.240 e. The molecular formula is C13H19ClN2O3S. The van der Waals surface area contributed by atoms with Crippen molar-refractivity contribution in [1.82, 2.24) is 4.72 Å². The molecule has 0 radical (unpaired) electrons. The highest BCUT2D eigenvalue weighted by Gasteiger charge is 2.25. The van der Waals surface area contributed by atoms with Crippen LogP contribution in [0.4, 0.5) is 5.69 Å². The Hall–Kier alpha value is -0.820. The van der Waals surface area contributed by atoms with Crippen LogP contribution < -0.4 is 10.5 Å². The van der Waals surface area contributed by atoms with E-state index in [2.05, 4.69) is 4.72 Å². The highest BCUT2D eigenvalue weighted by Crippen LogP contribution is 2.27. The Balaban J connectivity index is 2.18. The highest BCUT2D eigenvalue weighted by atomic mass is 35.5. The van der Waals surface area contributed by atoms with E-state index in [1.54, 1.807) is 6.92 Å². The second-order valence-electron chi connectivity index (χ2n) is 5.27. The van der Waals surface area contributed by atoms with E-state index in [0.29, 0.717) is 36.3 Å². The number of sulfonamides is 1. The molecule has 2 rings (SSSR count). The van der Waals surface area contributed by atoms with Crippen LogP contribution >= 0.6 is 11.6 Å². The fourth-order valence-electron chi connectivity index (χ4n) is 2.40. The van der Waals surface area contributed by atoms with Crippen LogP contribution in [0.1, 0.15) is 31.2 Å². The van der Waals surface area contributed by atoms with E-state index in [1.807, 2.05) is 0 Å².